The first-order valence-electron chi connectivity index (χ1n) is 8.38. The predicted octanol–water partition coefficient (Wildman–Crippen LogP) is 5.87. The minimum Gasteiger partial charge on any atom is -0.496 e. The highest BCUT2D eigenvalue weighted by atomic mass is 35.5. The van der Waals surface area contributed by atoms with E-state index in [0.717, 1.165) is 28.4 Å². The molecule has 0 heterocycles. The van der Waals surface area contributed by atoms with E-state index in [1.54, 1.807) is 7.11 Å². The molecule has 3 heteroatoms. The van der Waals surface area contributed by atoms with Crippen molar-refractivity contribution in [2.24, 2.45) is 0 Å². The minimum absolute atomic E-state index is 0.223. The quantitative estimate of drug-likeness (QED) is 0.600. The molecule has 3 aromatic carbocycles. The van der Waals surface area contributed by atoms with Crippen LogP contribution in [-0.2, 0) is 6.54 Å². The summed E-state index contributed by atoms with van der Waals surface area (Å²) in [5.74, 6) is 0.887. The molecule has 0 aliphatic rings. The summed E-state index contributed by atoms with van der Waals surface area (Å²) in [7, 11) is 1.71. The van der Waals surface area contributed by atoms with E-state index in [2.05, 4.69) is 42.6 Å². The fraction of sp³-hybridized carbons (Fsp3) is 0.182. The number of halogens is 1. The molecule has 0 aliphatic heterocycles. The molecule has 3 rings (SSSR count). The Bertz CT molecular complexity index is 832. The molecule has 0 unspecified atom stereocenters. The normalized spacial score (nSPS) is 12.0. The Morgan fingerprint density at radius 1 is 0.960 bits per heavy atom. The standard InChI is InChI=1S/C22H22ClNO/c1-16(19-9-6-10-20(23)14-19)24-15-17-11-12-22(25-2)21(13-17)18-7-4-3-5-8-18/h3-14,16,24H,15H2,1-2H3/t16-/m1/s1. The van der Waals surface area contributed by atoms with Crippen molar-refractivity contribution in [3.8, 4) is 16.9 Å². The molecule has 0 saturated heterocycles. The SMILES string of the molecule is COc1ccc(CN[C@H](C)c2cccc(Cl)c2)cc1-c1ccccc1. The van der Waals surface area contributed by atoms with Crippen LogP contribution in [0.2, 0.25) is 5.02 Å². The molecule has 0 fully saturated rings. The van der Waals surface area contributed by atoms with Crippen LogP contribution < -0.4 is 10.1 Å². The van der Waals surface area contributed by atoms with Gasteiger partial charge in [-0.1, -0.05) is 60.1 Å². The van der Waals surface area contributed by atoms with Crippen molar-refractivity contribution in [3.63, 3.8) is 0 Å². The van der Waals surface area contributed by atoms with Gasteiger partial charge in [-0.05, 0) is 47.9 Å². The highest BCUT2D eigenvalue weighted by Gasteiger charge is 2.09. The van der Waals surface area contributed by atoms with Crippen molar-refractivity contribution in [2.75, 3.05) is 7.11 Å². The van der Waals surface area contributed by atoms with Gasteiger partial charge >= 0.3 is 0 Å². The zero-order valence-corrected chi connectivity index (χ0v) is 15.3. The van der Waals surface area contributed by atoms with Crippen LogP contribution in [0.25, 0.3) is 11.1 Å². The maximum Gasteiger partial charge on any atom is 0.126 e. The summed E-state index contributed by atoms with van der Waals surface area (Å²) in [6.07, 6.45) is 0. The van der Waals surface area contributed by atoms with Gasteiger partial charge in [0.25, 0.3) is 0 Å². The molecule has 0 aliphatic carbocycles. The predicted molar refractivity (Wildman–Crippen MR) is 105 cm³/mol. The Morgan fingerprint density at radius 2 is 1.76 bits per heavy atom. The van der Waals surface area contributed by atoms with Crippen LogP contribution in [0.3, 0.4) is 0 Å². The number of hydrogen-bond acceptors (Lipinski definition) is 2. The summed E-state index contributed by atoms with van der Waals surface area (Å²) in [4.78, 5) is 0. The van der Waals surface area contributed by atoms with E-state index in [1.807, 2.05) is 42.5 Å². The summed E-state index contributed by atoms with van der Waals surface area (Å²) in [5.41, 5.74) is 4.67. The van der Waals surface area contributed by atoms with Crippen molar-refractivity contribution in [1.29, 1.82) is 0 Å². The molecule has 1 atom stereocenters. The largest absolute Gasteiger partial charge is 0.496 e. The second kappa shape index (κ2) is 8.19. The molecule has 0 bridgehead atoms. The van der Waals surface area contributed by atoms with Gasteiger partial charge in [0.15, 0.2) is 0 Å². The summed E-state index contributed by atoms with van der Waals surface area (Å²) in [5, 5.41) is 4.32. The monoisotopic (exact) mass is 351 g/mol. The van der Waals surface area contributed by atoms with E-state index < -0.39 is 0 Å². The van der Waals surface area contributed by atoms with Crippen molar-refractivity contribution in [2.45, 2.75) is 19.5 Å². The third kappa shape index (κ3) is 4.41. The minimum atomic E-state index is 0.223. The van der Waals surface area contributed by atoms with Crippen LogP contribution in [-0.4, -0.2) is 7.11 Å². The van der Waals surface area contributed by atoms with Crippen LogP contribution in [0, 0.1) is 0 Å². The van der Waals surface area contributed by atoms with Gasteiger partial charge in [-0.25, -0.2) is 0 Å². The molecule has 0 radical (unpaired) electrons. The number of nitrogens with one attached hydrogen (secondary N) is 1. The first-order valence-corrected chi connectivity index (χ1v) is 8.76. The van der Waals surface area contributed by atoms with Crippen LogP contribution >= 0.6 is 11.6 Å². The zero-order chi connectivity index (χ0) is 17.6. The fourth-order valence-electron chi connectivity index (χ4n) is 2.87. The van der Waals surface area contributed by atoms with E-state index in [0.29, 0.717) is 0 Å². The van der Waals surface area contributed by atoms with Crippen molar-refractivity contribution in [1.82, 2.24) is 5.32 Å². The lowest BCUT2D eigenvalue weighted by atomic mass is 10.0. The molecule has 3 aromatic rings. The van der Waals surface area contributed by atoms with E-state index in [-0.39, 0.29) is 6.04 Å². The molecule has 128 valence electrons. The highest BCUT2D eigenvalue weighted by molar-refractivity contribution is 6.30. The first kappa shape index (κ1) is 17.5. The first-order chi connectivity index (χ1) is 12.2. The summed E-state index contributed by atoms with van der Waals surface area (Å²) < 4.78 is 5.53. The molecular weight excluding hydrogens is 330 g/mol. The summed E-state index contributed by atoms with van der Waals surface area (Å²) in [6, 6.07) is 24.8. The van der Waals surface area contributed by atoms with Gasteiger partial charge in [0.2, 0.25) is 0 Å². The maximum absolute atomic E-state index is 6.09. The summed E-state index contributed by atoms with van der Waals surface area (Å²) in [6.45, 7) is 2.92. The average molecular weight is 352 g/mol. The lowest BCUT2D eigenvalue weighted by molar-refractivity contribution is 0.416. The number of methoxy groups -OCH3 is 1. The number of rotatable bonds is 6. The van der Waals surface area contributed by atoms with Gasteiger partial charge in [-0.2, -0.15) is 0 Å². The van der Waals surface area contributed by atoms with Gasteiger partial charge < -0.3 is 10.1 Å². The number of hydrogen-bond donors (Lipinski definition) is 1. The van der Waals surface area contributed by atoms with Crippen LogP contribution in [0.15, 0.2) is 72.8 Å². The topological polar surface area (TPSA) is 21.3 Å². The second-order valence-corrected chi connectivity index (χ2v) is 6.49. The molecule has 0 spiro atoms. The Balaban J connectivity index is 1.77. The molecular formula is C22H22ClNO. The third-order valence-electron chi connectivity index (χ3n) is 4.31. The van der Waals surface area contributed by atoms with Crippen molar-refractivity contribution >= 4 is 11.6 Å². The van der Waals surface area contributed by atoms with Crippen LogP contribution in [0.4, 0.5) is 0 Å². The lowest BCUT2D eigenvalue weighted by Crippen LogP contribution is -2.18. The molecule has 0 amide bonds. The van der Waals surface area contributed by atoms with E-state index in [9.17, 15) is 0 Å². The van der Waals surface area contributed by atoms with Crippen molar-refractivity contribution in [3.05, 3.63) is 88.9 Å². The average Bonchev–Trinajstić information content (AvgIpc) is 2.66. The van der Waals surface area contributed by atoms with Crippen molar-refractivity contribution < 1.29 is 4.74 Å². The second-order valence-electron chi connectivity index (χ2n) is 6.06. The Kier molecular flexibility index (Phi) is 5.75. The zero-order valence-electron chi connectivity index (χ0n) is 14.5. The lowest BCUT2D eigenvalue weighted by Gasteiger charge is -2.16. The van der Waals surface area contributed by atoms with E-state index in [1.165, 1.54) is 11.1 Å². The smallest absolute Gasteiger partial charge is 0.126 e. The molecule has 0 aromatic heterocycles. The van der Waals surface area contributed by atoms with Gasteiger partial charge in [-0.15, -0.1) is 0 Å². The highest BCUT2D eigenvalue weighted by Crippen LogP contribution is 2.31. The molecule has 0 saturated carbocycles. The third-order valence-corrected chi connectivity index (χ3v) is 4.54. The summed E-state index contributed by atoms with van der Waals surface area (Å²) >= 11 is 6.09. The Morgan fingerprint density at radius 3 is 2.48 bits per heavy atom. The number of benzene rings is 3. The van der Waals surface area contributed by atoms with Gasteiger partial charge in [0.05, 0.1) is 7.11 Å². The Hall–Kier alpha value is -2.29. The maximum atomic E-state index is 6.09. The molecule has 1 N–H and O–H groups in total. The Labute approximate surface area is 154 Å². The van der Waals surface area contributed by atoms with Gasteiger partial charge in [0, 0.05) is 23.2 Å². The molecule has 25 heavy (non-hydrogen) atoms. The van der Waals surface area contributed by atoms with E-state index in [4.69, 9.17) is 16.3 Å². The van der Waals surface area contributed by atoms with E-state index >= 15 is 0 Å². The number of ether oxygens (including phenoxy) is 1. The van der Waals surface area contributed by atoms with Crippen LogP contribution in [0.5, 0.6) is 5.75 Å². The fourth-order valence-corrected chi connectivity index (χ4v) is 3.07. The molecule has 2 nitrogen and oxygen atoms in total. The van der Waals surface area contributed by atoms with Gasteiger partial charge in [-0.3, -0.25) is 0 Å². The van der Waals surface area contributed by atoms with Gasteiger partial charge in [0.1, 0.15) is 5.75 Å². The van der Waals surface area contributed by atoms with Crippen LogP contribution in [0.1, 0.15) is 24.1 Å².